The second-order valence-corrected chi connectivity index (χ2v) is 7.69. The molecule has 3 aromatic rings. The first-order valence-electron chi connectivity index (χ1n) is 8.36. The predicted octanol–water partition coefficient (Wildman–Crippen LogP) is 4.65. The Morgan fingerprint density at radius 3 is 2.31 bits per heavy atom. The van der Waals surface area contributed by atoms with Gasteiger partial charge in [0.2, 0.25) is 0 Å². The maximum Gasteiger partial charge on any atom is 0.360 e. The molecule has 0 N–H and O–H groups in total. The van der Waals surface area contributed by atoms with Crippen LogP contribution in [0.15, 0.2) is 82.8 Å². The first kappa shape index (κ1) is 20.4. The summed E-state index contributed by atoms with van der Waals surface area (Å²) in [5, 5.41) is 13.2. The lowest BCUT2D eigenvalue weighted by atomic mass is 9.97. The van der Waals surface area contributed by atoms with Crippen LogP contribution in [0.4, 0.5) is 0 Å². The van der Waals surface area contributed by atoms with Gasteiger partial charge in [-0.05, 0) is 35.4 Å². The number of oxime groups is 1. The predicted molar refractivity (Wildman–Crippen MR) is 110 cm³/mol. The fourth-order valence-corrected chi connectivity index (χ4v) is 3.84. The van der Waals surface area contributed by atoms with E-state index < -0.39 is 10.1 Å². The normalized spacial score (nSPS) is 11.6. The SMILES string of the molecule is COc1ccc(-c2ccccc2C(C#N)=NOS(=O)(=O)c2ccccc2Cl)cc1. The van der Waals surface area contributed by atoms with Gasteiger partial charge in [-0.3, -0.25) is 4.28 Å². The van der Waals surface area contributed by atoms with E-state index >= 15 is 0 Å². The molecule has 3 aromatic carbocycles. The van der Waals surface area contributed by atoms with Crippen LogP contribution in [0.5, 0.6) is 5.75 Å². The molecule has 0 saturated heterocycles. The second-order valence-electron chi connectivity index (χ2n) is 5.78. The summed E-state index contributed by atoms with van der Waals surface area (Å²) in [6.45, 7) is 0. The van der Waals surface area contributed by atoms with Crippen molar-refractivity contribution in [2.45, 2.75) is 4.90 Å². The second kappa shape index (κ2) is 8.78. The molecule has 0 atom stereocenters. The van der Waals surface area contributed by atoms with Gasteiger partial charge >= 0.3 is 10.1 Å². The zero-order valence-electron chi connectivity index (χ0n) is 15.2. The monoisotopic (exact) mass is 426 g/mol. The largest absolute Gasteiger partial charge is 0.497 e. The van der Waals surface area contributed by atoms with Crippen molar-refractivity contribution in [3.05, 3.63) is 83.4 Å². The number of ether oxygens (including phenoxy) is 1. The smallest absolute Gasteiger partial charge is 0.360 e. The number of hydrogen-bond donors (Lipinski definition) is 0. The molecule has 29 heavy (non-hydrogen) atoms. The van der Waals surface area contributed by atoms with Crippen molar-refractivity contribution in [2.24, 2.45) is 5.16 Å². The van der Waals surface area contributed by atoms with Gasteiger partial charge in [0.25, 0.3) is 0 Å². The molecule has 0 heterocycles. The van der Waals surface area contributed by atoms with E-state index in [1.807, 2.05) is 18.2 Å². The van der Waals surface area contributed by atoms with Crippen LogP contribution in [-0.2, 0) is 14.4 Å². The molecule has 146 valence electrons. The average molecular weight is 427 g/mol. The summed E-state index contributed by atoms with van der Waals surface area (Å²) in [4.78, 5) is -0.230. The van der Waals surface area contributed by atoms with Gasteiger partial charge in [0.15, 0.2) is 5.71 Å². The topological polar surface area (TPSA) is 88.8 Å². The highest BCUT2D eigenvalue weighted by atomic mass is 35.5. The van der Waals surface area contributed by atoms with E-state index in [2.05, 4.69) is 5.16 Å². The number of hydrogen-bond acceptors (Lipinski definition) is 6. The Hall–Kier alpha value is -3.34. The quantitative estimate of drug-likeness (QED) is 0.423. The lowest BCUT2D eigenvalue weighted by molar-refractivity contribution is 0.339. The van der Waals surface area contributed by atoms with E-state index in [9.17, 15) is 13.7 Å². The number of benzene rings is 3. The van der Waals surface area contributed by atoms with Crippen molar-refractivity contribution in [1.29, 1.82) is 5.26 Å². The summed E-state index contributed by atoms with van der Waals surface area (Å²) in [5.41, 5.74) is 1.73. The first-order valence-corrected chi connectivity index (χ1v) is 10.1. The minimum atomic E-state index is -4.28. The molecule has 0 amide bonds. The van der Waals surface area contributed by atoms with Gasteiger partial charge < -0.3 is 4.74 Å². The van der Waals surface area contributed by atoms with Crippen LogP contribution >= 0.6 is 11.6 Å². The third kappa shape index (κ3) is 4.57. The molecule has 0 aliphatic heterocycles. The van der Waals surface area contributed by atoms with Crippen LogP contribution in [0.2, 0.25) is 5.02 Å². The highest BCUT2D eigenvalue weighted by Gasteiger charge is 2.20. The fourth-order valence-electron chi connectivity index (χ4n) is 2.62. The van der Waals surface area contributed by atoms with Crippen molar-refractivity contribution in [3.63, 3.8) is 0 Å². The molecule has 0 unspecified atom stereocenters. The van der Waals surface area contributed by atoms with Gasteiger partial charge in [0, 0.05) is 5.56 Å². The van der Waals surface area contributed by atoms with E-state index in [1.54, 1.807) is 49.6 Å². The highest BCUT2D eigenvalue weighted by Crippen LogP contribution is 2.27. The molecule has 3 rings (SSSR count). The lowest BCUT2D eigenvalue weighted by Crippen LogP contribution is -2.07. The van der Waals surface area contributed by atoms with Crippen LogP contribution < -0.4 is 4.74 Å². The molecular weight excluding hydrogens is 412 g/mol. The van der Waals surface area contributed by atoms with E-state index in [1.165, 1.54) is 18.2 Å². The molecule has 0 aromatic heterocycles. The zero-order valence-corrected chi connectivity index (χ0v) is 16.8. The van der Waals surface area contributed by atoms with Crippen molar-refractivity contribution in [3.8, 4) is 22.9 Å². The van der Waals surface area contributed by atoms with Crippen molar-refractivity contribution < 1.29 is 17.4 Å². The number of rotatable bonds is 6. The fraction of sp³-hybridized carbons (Fsp3) is 0.0476. The van der Waals surface area contributed by atoms with Gasteiger partial charge in [-0.1, -0.05) is 65.3 Å². The third-order valence-electron chi connectivity index (χ3n) is 4.02. The van der Waals surface area contributed by atoms with Crippen molar-refractivity contribution >= 4 is 27.4 Å². The Labute approximate surface area is 173 Å². The molecule has 0 saturated carbocycles. The summed E-state index contributed by atoms with van der Waals surface area (Å²) in [6, 6.07) is 21.9. The van der Waals surface area contributed by atoms with Crippen molar-refractivity contribution in [2.75, 3.05) is 7.11 Å². The van der Waals surface area contributed by atoms with Gasteiger partial charge in [-0.15, -0.1) is 0 Å². The highest BCUT2D eigenvalue weighted by molar-refractivity contribution is 7.86. The number of methoxy groups -OCH3 is 1. The molecule has 6 nitrogen and oxygen atoms in total. The Morgan fingerprint density at radius 1 is 1.00 bits per heavy atom. The van der Waals surface area contributed by atoms with E-state index in [4.69, 9.17) is 20.6 Å². The van der Waals surface area contributed by atoms with Crippen LogP contribution in [0.3, 0.4) is 0 Å². The minimum Gasteiger partial charge on any atom is -0.497 e. The van der Waals surface area contributed by atoms with Crippen molar-refractivity contribution in [1.82, 2.24) is 0 Å². The lowest BCUT2D eigenvalue weighted by Gasteiger charge is -2.09. The van der Waals surface area contributed by atoms with E-state index in [-0.39, 0.29) is 15.6 Å². The van der Waals surface area contributed by atoms with Gasteiger partial charge in [0.05, 0.1) is 12.1 Å². The number of nitriles is 1. The Morgan fingerprint density at radius 2 is 1.66 bits per heavy atom. The molecular formula is C21H15ClN2O4S. The molecule has 0 spiro atoms. The van der Waals surface area contributed by atoms with Gasteiger partial charge in [0.1, 0.15) is 16.7 Å². The zero-order chi connectivity index (χ0) is 20.9. The molecule has 0 aliphatic rings. The average Bonchev–Trinajstić information content (AvgIpc) is 2.75. The molecule has 0 radical (unpaired) electrons. The molecule has 0 aliphatic carbocycles. The van der Waals surface area contributed by atoms with E-state index in [0.717, 1.165) is 5.56 Å². The Kier molecular flexibility index (Phi) is 6.17. The summed E-state index contributed by atoms with van der Waals surface area (Å²) in [5.74, 6) is 0.689. The minimum absolute atomic E-state index is 0.000148. The Balaban J connectivity index is 1.99. The van der Waals surface area contributed by atoms with E-state index in [0.29, 0.717) is 16.9 Å². The maximum absolute atomic E-state index is 12.4. The van der Waals surface area contributed by atoms with Gasteiger partial charge in [-0.25, -0.2) is 0 Å². The number of halogens is 1. The standard InChI is InChI=1S/C21H15ClN2O4S/c1-27-16-12-10-15(11-13-16)17-6-2-3-7-18(17)20(14-23)24-28-29(25,26)21-9-5-4-8-19(21)22/h2-13H,1H3. The summed E-state index contributed by atoms with van der Waals surface area (Å²) < 4.78 is 34.7. The number of nitrogens with zero attached hydrogens (tertiary/aromatic N) is 2. The molecule has 0 bridgehead atoms. The summed E-state index contributed by atoms with van der Waals surface area (Å²) >= 11 is 5.92. The summed E-state index contributed by atoms with van der Waals surface area (Å²) in [6.07, 6.45) is 0. The van der Waals surface area contributed by atoms with Crippen LogP contribution in [0, 0.1) is 11.3 Å². The third-order valence-corrected chi connectivity index (χ3v) is 5.63. The summed E-state index contributed by atoms with van der Waals surface area (Å²) in [7, 11) is -2.71. The molecule has 8 heteroatoms. The Bertz CT molecular complexity index is 1200. The van der Waals surface area contributed by atoms with Crippen LogP contribution in [0.25, 0.3) is 11.1 Å². The first-order chi connectivity index (χ1) is 14.0. The van der Waals surface area contributed by atoms with Gasteiger partial charge in [-0.2, -0.15) is 13.7 Å². The van der Waals surface area contributed by atoms with Crippen LogP contribution in [-0.4, -0.2) is 21.2 Å². The van der Waals surface area contributed by atoms with Crippen LogP contribution in [0.1, 0.15) is 5.56 Å². The molecule has 0 fully saturated rings. The maximum atomic E-state index is 12.4.